The first-order valence-electron chi connectivity index (χ1n) is 5.63. The number of carbonyl (C=O) groups excluding carboxylic acids is 1. The third kappa shape index (κ3) is 1.93. The van der Waals surface area contributed by atoms with Gasteiger partial charge >= 0.3 is 5.97 Å². The van der Waals surface area contributed by atoms with Gasteiger partial charge in [-0.15, -0.1) is 0 Å². The average molecular weight is 227 g/mol. The summed E-state index contributed by atoms with van der Waals surface area (Å²) in [6, 6.07) is 0. The zero-order chi connectivity index (χ0) is 12.7. The first kappa shape index (κ1) is 13.0. The Kier molecular flexibility index (Phi) is 3.05. The zero-order valence-corrected chi connectivity index (χ0v) is 10.6. The summed E-state index contributed by atoms with van der Waals surface area (Å²) in [7, 11) is 0. The molecule has 1 unspecified atom stereocenters. The molecule has 0 spiro atoms. The maximum Gasteiger partial charge on any atom is 0.308 e. The summed E-state index contributed by atoms with van der Waals surface area (Å²) in [5.74, 6) is -1.45. The van der Waals surface area contributed by atoms with Crippen molar-refractivity contribution < 1.29 is 14.7 Å². The van der Waals surface area contributed by atoms with Crippen molar-refractivity contribution in [1.82, 2.24) is 5.32 Å². The Hall–Kier alpha value is -1.06. The van der Waals surface area contributed by atoms with Crippen molar-refractivity contribution in [3.05, 3.63) is 0 Å². The Labute approximate surface area is 96.4 Å². The molecule has 1 atom stereocenters. The van der Waals surface area contributed by atoms with Gasteiger partial charge in [-0.05, 0) is 10.8 Å². The molecule has 1 amide bonds. The lowest BCUT2D eigenvalue weighted by atomic mass is 10.0. The third-order valence-electron chi connectivity index (χ3n) is 4.29. The first-order valence-corrected chi connectivity index (χ1v) is 5.63. The van der Waals surface area contributed by atoms with Crippen molar-refractivity contribution in [1.29, 1.82) is 0 Å². The predicted octanol–water partition coefficient (Wildman–Crippen LogP) is 1.51. The molecule has 0 heterocycles. The maximum atomic E-state index is 11.9. The summed E-state index contributed by atoms with van der Waals surface area (Å²) in [6.07, 6.45) is 0. The van der Waals surface area contributed by atoms with Gasteiger partial charge in [-0.25, -0.2) is 0 Å². The summed E-state index contributed by atoms with van der Waals surface area (Å²) in [5, 5.41) is 11.4. The van der Waals surface area contributed by atoms with Crippen molar-refractivity contribution in [3.63, 3.8) is 0 Å². The molecule has 0 saturated heterocycles. The summed E-state index contributed by atoms with van der Waals surface area (Å²) < 4.78 is 0. The first-order chi connectivity index (χ1) is 7.12. The van der Waals surface area contributed by atoms with E-state index in [-0.39, 0.29) is 29.2 Å². The fraction of sp³-hybridized carbons (Fsp3) is 0.833. The number of aliphatic carboxylic acids is 1. The summed E-state index contributed by atoms with van der Waals surface area (Å²) >= 11 is 0. The number of carboxylic acids is 1. The number of hydrogen-bond donors (Lipinski definition) is 2. The van der Waals surface area contributed by atoms with Crippen LogP contribution >= 0.6 is 0 Å². The molecule has 0 bridgehead atoms. The van der Waals surface area contributed by atoms with Gasteiger partial charge in [0, 0.05) is 12.5 Å². The Balaban J connectivity index is 2.48. The Morgan fingerprint density at radius 3 is 2.00 bits per heavy atom. The fourth-order valence-electron chi connectivity index (χ4n) is 2.29. The number of hydrogen-bond acceptors (Lipinski definition) is 2. The van der Waals surface area contributed by atoms with Crippen LogP contribution in [-0.4, -0.2) is 23.5 Å². The molecule has 0 aliphatic heterocycles. The van der Waals surface area contributed by atoms with Crippen LogP contribution < -0.4 is 5.32 Å². The number of nitrogens with one attached hydrogen (secondary N) is 1. The van der Waals surface area contributed by atoms with Gasteiger partial charge in [-0.1, -0.05) is 34.6 Å². The van der Waals surface area contributed by atoms with Crippen LogP contribution in [0.1, 0.15) is 34.6 Å². The van der Waals surface area contributed by atoms with E-state index < -0.39 is 11.9 Å². The molecular weight excluding hydrogens is 206 g/mol. The second kappa shape index (κ2) is 3.75. The van der Waals surface area contributed by atoms with Gasteiger partial charge in [0.2, 0.25) is 5.91 Å². The second-order valence-electron chi connectivity index (χ2n) is 5.86. The summed E-state index contributed by atoms with van der Waals surface area (Å²) in [4.78, 5) is 22.5. The van der Waals surface area contributed by atoms with Crippen LogP contribution in [0.4, 0.5) is 0 Å². The molecule has 1 aliphatic rings. The molecular formula is C12H21NO3. The zero-order valence-electron chi connectivity index (χ0n) is 10.6. The smallest absolute Gasteiger partial charge is 0.308 e. The van der Waals surface area contributed by atoms with E-state index in [0.29, 0.717) is 0 Å². The Morgan fingerprint density at radius 1 is 1.25 bits per heavy atom. The molecule has 1 saturated carbocycles. The summed E-state index contributed by atoms with van der Waals surface area (Å²) in [6.45, 7) is 10.1. The van der Waals surface area contributed by atoms with E-state index in [1.54, 1.807) is 6.92 Å². The normalized spacial score (nSPS) is 23.6. The van der Waals surface area contributed by atoms with E-state index in [9.17, 15) is 9.59 Å². The molecule has 92 valence electrons. The van der Waals surface area contributed by atoms with E-state index in [1.165, 1.54) is 0 Å². The van der Waals surface area contributed by atoms with Crippen LogP contribution in [0.2, 0.25) is 0 Å². The molecule has 2 N–H and O–H groups in total. The van der Waals surface area contributed by atoms with Crippen molar-refractivity contribution in [2.24, 2.45) is 22.7 Å². The lowest BCUT2D eigenvalue weighted by Gasteiger charge is -2.09. The molecule has 4 nitrogen and oxygen atoms in total. The largest absolute Gasteiger partial charge is 0.481 e. The van der Waals surface area contributed by atoms with E-state index in [2.05, 4.69) is 33.0 Å². The third-order valence-corrected chi connectivity index (χ3v) is 4.29. The predicted molar refractivity (Wildman–Crippen MR) is 60.9 cm³/mol. The minimum absolute atomic E-state index is 0.00352. The number of amides is 1. The van der Waals surface area contributed by atoms with E-state index >= 15 is 0 Å². The SMILES string of the molecule is CC(CNC(=O)C1C(C)(C)C1(C)C)C(=O)O. The highest BCUT2D eigenvalue weighted by Gasteiger charge is 2.68. The minimum Gasteiger partial charge on any atom is -0.481 e. The monoisotopic (exact) mass is 227 g/mol. The van der Waals surface area contributed by atoms with Crippen molar-refractivity contribution in [3.8, 4) is 0 Å². The van der Waals surface area contributed by atoms with Crippen LogP contribution in [-0.2, 0) is 9.59 Å². The Bertz CT molecular complexity index is 306. The number of carboxylic acid groups (broad SMARTS) is 1. The molecule has 0 aromatic carbocycles. The van der Waals surface area contributed by atoms with E-state index in [0.717, 1.165) is 0 Å². The standard InChI is InChI=1S/C12H21NO3/c1-7(10(15)16)6-13-9(14)8-11(2,3)12(8,4)5/h7-8H,6H2,1-5H3,(H,13,14)(H,15,16). The van der Waals surface area contributed by atoms with Crippen molar-refractivity contribution in [2.75, 3.05) is 6.54 Å². The quantitative estimate of drug-likeness (QED) is 0.765. The van der Waals surface area contributed by atoms with Crippen LogP contribution in [0, 0.1) is 22.7 Å². The van der Waals surface area contributed by atoms with Crippen molar-refractivity contribution >= 4 is 11.9 Å². The molecule has 16 heavy (non-hydrogen) atoms. The maximum absolute atomic E-state index is 11.9. The fourth-order valence-corrected chi connectivity index (χ4v) is 2.29. The lowest BCUT2D eigenvalue weighted by Crippen LogP contribution is -2.33. The highest BCUT2D eigenvalue weighted by atomic mass is 16.4. The topological polar surface area (TPSA) is 66.4 Å². The van der Waals surface area contributed by atoms with Crippen LogP contribution in [0.5, 0.6) is 0 Å². The van der Waals surface area contributed by atoms with Gasteiger partial charge in [0.1, 0.15) is 0 Å². The van der Waals surface area contributed by atoms with Crippen LogP contribution in [0.3, 0.4) is 0 Å². The highest BCUT2D eigenvalue weighted by molar-refractivity contribution is 5.84. The molecule has 1 fully saturated rings. The molecule has 4 heteroatoms. The van der Waals surface area contributed by atoms with Crippen LogP contribution in [0.25, 0.3) is 0 Å². The summed E-state index contributed by atoms with van der Waals surface area (Å²) in [5.41, 5.74) is 0.00703. The molecule has 1 aliphatic carbocycles. The molecule has 0 aromatic heterocycles. The van der Waals surface area contributed by atoms with E-state index in [4.69, 9.17) is 5.11 Å². The van der Waals surface area contributed by atoms with Gasteiger partial charge in [0.25, 0.3) is 0 Å². The molecule has 1 rings (SSSR count). The van der Waals surface area contributed by atoms with Gasteiger partial charge in [0.05, 0.1) is 5.92 Å². The Morgan fingerprint density at radius 2 is 1.69 bits per heavy atom. The molecule has 0 radical (unpaired) electrons. The van der Waals surface area contributed by atoms with Gasteiger partial charge in [-0.3, -0.25) is 9.59 Å². The van der Waals surface area contributed by atoms with Gasteiger partial charge in [-0.2, -0.15) is 0 Å². The molecule has 0 aromatic rings. The van der Waals surface area contributed by atoms with Gasteiger partial charge in [0.15, 0.2) is 0 Å². The average Bonchev–Trinajstić information content (AvgIpc) is 2.53. The number of carbonyl (C=O) groups is 2. The van der Waals surface area contributed by atoms with Crippen molar-refractivity contribution in [2.45, 2.75) is 34.6 Å². The number of rotatable bonds is 4. The second-order valence-corrected chi connectivity index (χ2v) is 5.86. The van der Waals surface area contributed by atoms with Crippen LogP contribution in [0.15, 0.2) is 0 Å². The van der Waals surface area contributed by atoms with Gasteiger partial charge < -0.3 is 10.4 Å². The minimum atomic E-state index is -0.880. The van der Waals surface area contributed by atoms with E-state index in [1.807, 2.05) is 0 Å². The lowest BCUT2D eigenvalue weighted by molar-refractivity contribution is -0.141. The highest BCUT2D eigenvalue weighted by Crippen LogP contribution is 2.68.